The number of amides is 1. The zero-order valence-electron chi connectivity index (χ0n) is 18.7. The van der Waals surface area contributed by atoms with Crippen molar-refractivity contribution in [3.8, 4) is 28.4 Å². The lowest BCUT2D eigenvalue weighted by Crippen LogP contribution is -2.16. The van der Waals surface area contributed by atoms with Gasteiger partial charge in [-0.1, -0.05) is 29.8 Å². The van der Waals surface area contributed by atoms with Gasteiger partial charge in [-0.25, -0.2) is 0 Å². The maximum Gasteiger partial charge on any atom is 0.257 e. The van der Waals surface area contributed by atoms with Gasteiger partial charge in [-0.15, -0.1) is 0 Å². The molecule has 33 heavy (non-hydrogen) atoms. The Morgan fingerprint density at radius 1 is 0.879 bits per heavy atom. The average molecular weight is 445 g/mol. The highest BCUT2D eigenvalue weighted by Gasteiger charge is 2.22. The summed E-state index contributed by atoms with van der Waals surface area (Å²) in [5.41, 5.74) is 2.15. The number of para-hydroxylation sites is 1. The highest BCUT2D eigenvalue weighted by molar-refractivity contribution is 6.06. The number of ether oxygens (including phenoxy) is 3. The fourth-order valence-corrected chi connectivity index (χ4v) is 3.60. The predicted octanol–water partition coefficient (Wildman–Crippen LogP) is 5.05. The van der Waals surface area contributed by atoms with Crippen molar-refractivity contribution in [3.05, 3.63) is 82.0 Å². The Balaban J connectivity index is 1.94. The van der Waals surface area contributed by atoms with Crippen molar-refractivity contribution in [2.75, 3.05) is 26.6 Å². The van der Waals surface area contributed by atoms with Gasteiger partial charge in [0.2, 0.25) is 17.1 Å². The molecule has 0 aliphatic carbocycles. The first kappa shape index (κ1) is 22.0. The number of hydrogen-bond donors (Lipinski definition) is 1. The number of nitrogens with one attached hydrogen (secondary N) is 1. The van der Waals surface area contributed by atoms with Crippen molar-refractivity contribution in [1.29, 1.82) is 0 Å². The van der Waals surface area contributed by atoms with E-state index in [2.05, 4.69) is 5.32 Å². The molecule has 4 aromatic rings. The normalized spacial score (nSPS) is 10.7. The number of carbonyl (C=O) groups is 1. The van der Waals surface area contributed by atoms with Crippen LogP contribution >= 0.6 is 0 Å². The van der Waals surface area contributed by atoms with Crippen LogP contribution in [0.2, 0.25) is 0 Å². The fraction of sp³-hybridized carbons (Fsp3) is 0.154. The van der Waals surface area contributed by atoms with Crippen LogP contribution in [0, 0.1) is 6.92 Å². The van der Waals surface area contributed by atoms with Gasteiger partial charge in [-0.2, -0.15) is 0 Å². The zero-order valence-corrected chi connectivity index (χ0v) is 18.7. The van der Waals surface area contributed by atoms with Gasteiger partial charge < -0.3 is 18.6 Å². The van der Waals surface area contributed by atoms with Gasteiger partial charge in [0.15, 0.2) is 11.5 Å². The molecular formula is C26H23NO6. The summed E-state index contributed by atoms with van der Waals surface area (Å²) in [5, 5.41) is 3.15. The maximum atomic E-state index is 13.5. The second kappa shape index (κ2) is 9.08. The molecule has 0 atom stereocenters. The molecule has 0 unspecified atom stereocenters. The van der Waals surface area contributed by atoms with Crippen LogP contribution in [0.5, 0.6) is 17.2 Å². The average Bonchev–Trinajstić information content (AvgIpc) is 2.83. The number of fused-ring (bicyclic) bond motifs is 1. The van der Waals surface area contributed by atoms with E-state index in [9.17, 15) is 9.59 Å². The lowest BCUT2D eigenvalue weighted by atomic mass is 10.0. The van der Waals surface area contributed by atoms with E-state index in [1.807, 2.05) is 19.1 Å². The van der Waals surface area contributed by atoms with Gasteiger partial charge in [0.05, 0.1) is 32.3 Å². The lowest BCUT2D eigenvalue weighted by molar-refractivity contribution is 0.102. The third-order valence-electron chi connectivity index (χ3n) is 5.29. The predicted molar refractivity (Wildman–Crippen MR) is 127 cm³/mol. The topological polar surface area (TPSA) is 87.0 Å². The summed E-state index contributed by atoms with van der Waals surface area (Å²) >= 11 is 0. The first-order chi connectivity index (χ1) is 16.0. The quantitative estimate of drug-likeness (QED) is 0.447. The van der Waals surface area contributed by atoms with Crippen LogP contribution in [0.25, 0.3) is 22.1 Å². The van der Waals surface area contributed by atoms with E-state index in [0.29, 0.717) is 39.3 Å². The second-order valence-corrected chi connectivity index (χ2v) is 7.37. The zero-order chi connectivity index (χ0) is 23.5. The van der Waals surface area contributed by atoms with E-state index in [-0.39, 0.29) is 16.9 Å². The van der Waals surface area contributed by atoms with Crippen molar-refractivity contribution >= 4 is 22.8 Å². The van der Waals surface area contributed by atoms with Crippen molar-refractivity contribution in [2.24, 2.45) is 0 Å². The van der Waals surface area contributed by atoms with E-state index >= 15 is 0 Å². The molecule has 1 amide bonds. The van der Waals surface area contributed by atoms with Crippen LogP contribution in [0.4, 0.5) is 5.88 Å². The summed E-state index contributed by atoms with van der Waals surface area (Å²) in [6.07, 6.45) is 0. The van der Waals surface area contributed by atoms with Crippen molar-refractivity contribution in [3.63, 3.8) is 0 Å². The molecule has 0 radical (unpaired) electrons. The molecular weight excluding hydrogens is 422 g/mol. The van der Waals surface area contributed by atoms with E-state index in [1.54, 1.807) is 48.5 Å². The first-order valence-corrected chi connectivity index (χ1v) is 10.2. The van der Waals surface area contributed by atoms with Crippen molar-refractivity contribution in [2.45, 2.75) is 6.92 Å². The number of benzene rings is 3. The van der Waals surface area contributed by atoms with Crippen molar-refractivity contribution in [1.82, 2.24) is 0 Å². The van der Waals surface area contributed by atoms with Crippen LogP contribution in [0.1, 0.15) is 15.9 Å². The number of rotatable bonds is 6. The Kier molecular flexibility index (Phi) is 6.04. The minimum absolute atomic E-state index is 0.0264. The molecule has 4 rings (SSSR count). The molecule has 0 bridgehead atoms. The third kappa shape index (κ3) is 4.13. The van der Waals surface area contributed by atoms with Crippen molar-refractivity contribution < 1.29 is 23.4 Å². The largest absolute Gasteiger partial charge is 0.493 e. The lowest BCUT2D eigenvalue weighted by Gasteiger charge is -2.16. The summed E-state index contributed by atoms with van der Waals surface area (Å²) < 4.78 is 22.3. The van der Waals surface area contributed by atoms with E-state index < -0.39 is 5.91 Å². The fourth-order valence-electron chi connectivity index (χ4n) is 3.60. The molecule has 0 saturated heterocycles. The first-order valence-electron chi connectivity index (χ1n) is 10.2. The van der Waals surface area contributed by atoms with E-state index in [0.717, 1.165) is 5.56 Å². The van der Waals surface area contributed by atoms with Gasteiger partial charge in [0.25, 0.3) is 5.91 Å². The smallest absolute Gasteiger partial charge is 0.257 e. The second-order valence-electron chi connectivity index (χ2n) is 7.37. The summed E-state index contributed by atoms with van der Waals surface area (Å²) in [6, 6.07) is 17.3. The number of aryl methyl sites for hydroxylation is 1. The molecule has 3 aromatic carbocycles. The third-order valence-corrected chi connectivity index (χ3v) is 5.29. The minimum atomic E-state index is -0.401. The van der Waals surface area contributed by atoms with Gasteiger partial charge in [-0.3, -0.25) is 14.9 Å². The SMILES string of the molecule is COc1cc(-c2c(NC(=O)c3ccc(C)cc3)oc3ccccc3c2=O)cc(OC)c1OC. The Morgan fingerprint density at radius 3 is 2.12 bits per heavy atom. The van der Waals surface area contributed by atoms with Crippen LogP contribution < -0.4 is 25.0 Å². The number of methoxy groups -OCH3 is 3. The number of anilines is 1. The highest BCUT2D eigenvalue weighted by atomic mass is 16.5. The van der Waals surface area contributed by atoms with Gasteiger partial charge in [-0.05, 0) is 48.9 Å². The molecule has 0 fully saturated rings. The van der Waals surface area contributed by atoms with Crippen LogP contribution in [0.3, 0.4) is 0 Å². The summed E-state index contributed by atoms with van der Waals surface area (Å²) in [4.78, 5) is 26.5. The molecule has 1 heterocycles. The van der Waals surface area contributed by atoms with Crippen LogP contribution in [-0.4, -0.2) is 27.2 Å². The molecule has 1 aromatic heterocycles. The monoisotopic (exact) mass is 445 g/mol. The molecule has 168 valence electrons. The molecule has 7 nitrogen and oxygen atoms in total. The Hall–Kier alpha value is -4.26. The Morgan fingerprint density at radius 2 is 1.52 bits per heavy atom. The molecule has 0 saturated carbocycles. The van der Waals surface area contributed by atoms with Gasteiger partial charge >= 0.3 is 0 Å². The summed E-state index contributed by atoms with van der Waals surface area (Å²) in [7, 11) is 4.48. The highest BCUT2D eigenvalue weighted by Crippen LogP contribution is 2.42. The Bertz CT molecular complexity index is 1360. The molecule has 1 N–H and O–H groups in total. The Labute approximate surface area is 190 Å². The van der Waals surface area contributed by atoms with Crippen LogP contribution in [-0.2, 0) is 0 Å². The van der Waals surface area contributed by atoms with Gasteiger partial charge in [0.1, 0.15) is 5.58 Å². The molecule has 7 heteroatoms. The molecule has 0 aliphatic rings. The minimum Gasteiger partial charge on any atom is -0.493 e. The summed E-state index contributed by atoms with van der Waals surface area (Å²) in [5.74, 6) is 0.755. The summed E-state index contributed by atoms with van der Waals surface area (Å²) in [6.45, 7) is 1.94. The molecule has 0 aliphatic heterocycles. The number of carbonyl (C=O) groups excluding carboxylic acids is 1. The maximum absolute atomic E-state index is 13.5. The molecule has 0 spiro atoms. The van der Waals surface area contributed by atoms with E-state index in [1.165, 1.54) is 21.3 Å². The van der Waals surface area contributed by atoms with Crippen LogP contribution in [0.15, 0.2) is 69.9 Å². The standard InChI is InChI=1S/C26H23NO6/c1-15-9-11-16(12-10-15)25(29)27-26-22(23(28)18-7-5-6-8-19(18)33-26)17-13-20(30-2)24(32-4)21(14-17)31-3/h5-14H,1-4H3,(H,27,29). The number of hydrogen-bond acceptors (Lipinski definition) is 6. The van der Waals surface area contributed by atoms with E-state index in [4.69, 9.17) is 18.6 Å². The van der Waals surface area contributed by atoms with Gasteiger partial charge in [0, 0.05) is 5.56 Å².